The van der Waals surface area contributed by atoms with Crippen molar-refractivity contribution in [2.75, 3.05) is 12.4 Å². The van der Waals surface area contributed by atoms with Gasteiger partial charge in [0.1, 0.15) is 5.82 Å². The lowest BCUT2D eigenvalue weighted by atomic mass is 10.1. The van der Waals surface area contributed by atoms with Crippen LogP contribution in [-0.4, -0.2) is 13.1 Å². The highest BCUT2D eigenvalue weighted by Gasteiger charge is 2.12. The van der Waals surface area contributed by atoms with Crippen molar-refractivity contribution >= 4 is 11.7 Å². The molecular formula is C17H18FNO2. The van der Waals surface area contributed by atoms with Gasteiger partial charge in [-0.05, 0) is 49.2 Å². The predicted molar refractivity (Wildman–Crippen MR) is 81.0 cm³/mol. The number of hydrogen-bond acceptors (Lipinski definition) is 3. The van der Waals surface area contributed by atoms with Gasteiger partial charge in [-0.1, -0.05) is 17.7 Å². The Bertz CT molecular complexity index is 668. The molecule has 0 spiro atoms. The summed E-state index contributed by atoms with van der Waals surface area (Å²) in [6, 6.07) is 10.2. The molecule has 0 aromatic heterocycles. The number of anilines is 1. The quantitative estimate of drug-likeness (QED) is 0.868. The van der Waals surface area contributed by atoms with Gasteiger partial charge in [0.15, 0.2) is 0 Å². The Morgan fingerprint density at radius 3 is 2.62 bits per heavy atom. The number of nitrogens with one attached hydrogen (secondary N) is 1. The molecule has 0 aliphatic rings. The van der Waals surface area contributed by atoms with Gasteiger partial charge in [-0.3, -0.25) is 0 Å². The zero-order valence-electron chi connectivity index (χ0n) is 12.4. The number of benzene rings is 2. The van der Waals surface area contributed by atoms with E-state index in [4.69, 9.17) is 4.74 Å². The van der Waals surface area contributed by atoms with Crippen LogP contribution in [0.25, 0.3) is 0 Å². The van der Waals surface area contributed by atoms with E-state index in [0.29, 0.717) is 17.8 Å². The fourth-order valence-corrected chi connectivity index (χ4v) is 2.14. The summed E-state index contributed by atoms with van der Waals surface area (Å²) >= 11 is 0. The Labute approximate surface area is 123 Å². The molecule has 0 saturated heterocycles. The minimum absolute atomic E-state index is 0.248. The SMILES string of the molecule is COC(=O)c1cc(C)ccc1NCc1ccc(F)cc1C. The Morgan fingerprint density at radius 1 is 1.19 bits per heavy atom. The second-order valence-electron chi connectivity index (χ2n) is 4.96. The number of ether oxygens (including phenoxy) is 1. The van der Waals surface area contributed by atoms with Crippen molar-refractivity contribution in [3.63, 3.8) is 0 Å². The Morgan fingerprint density at radius 2 is 1.95 bits per heavy atom. The minimum Gasteiger partial charge on any atom is -0.465 e. The number of carbonyl (C=O) groups excluding carboxylic acids is 1. The van der Waals surface area contributed by atoms with E-state index in [1.807, 2.05) is 26.0 Å². The fraction of sp³-hybridized carbons (Fsp3) is 0.235. The number of esters is 1. The molecule has 0 radical (unpaired) electrons. The topological polar surface area (TPSA) is 38.3 Å². The molecule has 0 heterocycles. The second-order valence-corrected chi connectivity index (χ2v) is 4.96. The first-order valence-corrected chi connectivity index (χ1v) is 6.69. The average Bonchev–Trinajstić information content (AvgIpc) is 2.46. The van der Waals surface area contributed by atoms with Crippen molar-refractivity contribution in [3.05, 3.63) is 64.5 Å². The van der Waals surface area contributed by atoms with Gasteiger partial charge in [-0.25, -0.2) is 9.18 Å². The van der Waals surface area contributed by atoms with E-state index in [1.54, 1.807) is 12.1 Å². The highest BCUT2D eigenvalue weighted by Crippen LogP contribution is 2.20. The van der Waals surface area contributed by atoms with E-state index in [9.17, 15) is 9.18 Å². The molecule has 21 heavy (non-hydrogen) atoms. The highest BCUT2D eigenvalue weighted by molar-refractivity contribution is 5.95. The normalized spacial score (nSPS) is 10.3. The highest BCUT2D eigenvalue weighted by atomic mass is 19.1. The van der Waals surface area contributed by atoms with E-state index in [0.717, 1.165) is 16.7 Å². The lowest BCUT2D eigenvalue weighted by Gasteiger charge is -2.13. The van der Waals surface area contributed by atoms with Crippen molar-refractivity contribution in [1.29, 1.82) is 0 Å². The molecule has 2 aromatic rings. The van der Waals surface area contributed by atoms with Crippen LogP contribution in [0.5, 0.6) is 0 Å². The summed E-state index contributed by atoms with van der Waals surface area (Å²) in [5.41, 5.74) is 4.04. The molecule has 0 aliphatic carbocycles. The van der Waals surface area contributed by atoms with Crippen molar-refractivity contribution < 1.29 is 13.9 Å². The molecule has 2 rings (SSSR count). The number of hydrogen-bond donors (Lipinski definition) is 1. The summed E-state index contributed by atoms with van der Waals surface area (Å²) in [5.74, 6) is -0.626. The number of aryl methyl sites for hydroxylation is 2. The van der Waals surface area contributed by atoms with Gasteiger partial charge < -0.3 is 10.1 Å². The number of halogens is 1. The zero-order valence-corrected chi connectivity index (χ0v) is 12.4. The average molecular weight is 287 g/mol. The van der Waals surface area contributed by atoms with Crippen LogP contribution in [0.4, 0.5) is 10.1 Å². The second kappa shape index (κ2) is 6.39. The monoisotopic (exact) mass is 287 g/mol. The summed E-state index contributed by atoms with van der Waals surface area (Å²) in [6.07, 6.45) is 0. The summed E-state index contributed by atoms with van der Waals surface area (Å²) in [5, 5.41) is 3.21. The first-order chi connectivity index (χ1) is 10.0. The molecule has 0 saturated carbocycles. The molecule has 4 heteroatoms. The predicted octanol–water partition coefficient (Wildman–Crippen LogP) is 3.84. The first kappa shape index (κ1) is 15.0. The smallest absolute Gasteiger partial charge is 0.339 e. The van der Waals surface area contributed by atoms with Crippen LogP contribution in [0.3, 0.4) is 0 Å². The maximum atomic E-state index is 13.1. The summed E-state index contributed by atoms with van der Waals surface area (Å²) in [4.78, 5) is 11.8. The number of carbonyl (C=O) groups is 1. The molecule has 0 atom stereocenters. The molecule has 1 N–H and O–H groups in total. The van der Waals surface area contributed by atoms with E-state index < -0.39 is 0 Å². The first-order valence-electron chi connectivity index (χ1n) is 6.69. The zero-order chi connectivity index (χ0) is 15.4. The van der Waals surface area contributed by atoms with Crippen LogP contribution in [-0.2, 0) is 11.3 Å². The van der Waals surface area contributed by atoms with Crippen LogP contribution in [0.1, 0.15) is 27.0 Å². The molecular weight excluding hydrogens is 269 g/mol. The molecule has 0 fully saturated rings. The Hall–Kier alpha value is -2.36. The third kappa shape index (κ3) is 3.60. The molecule has 110 valence electrons. The van der Waals surface area contributed by atoms with Gasteiger partial charge in [0, 0.05) is 12.2 Å². The van der Waals surface area contributed by atoms with E-state index in [2.05, 4.69) is 5.32 Å². The van der Waals surface area contributed by atoms with Crippen LogP contribution in [0, 0.1) is 19.7 Å². The molecule has 0 aliphatic heterocycles. The van der Waals surface area contributed by atoms with E-state index in [1.165, 1.54) is 19.2 Å². The van der Waals surface area contributed by atoms with E-state index in [-0.39, 0.29) is 11.8 Å². The van der Waals surface area contributed by atoms with Crippen molar-refractivity contribution in [1.82, 2.24) is 0 Å². The lowest BCUT2D eigenvalue weighted by Crippen LogP contribution is -2.09. The standard InChI is InChI=1S/C17H18FNO2/c1-11-4-7-16(15(8-11)17(20)21-3)19-10-13-5-6-14(18)9-12(13)2/h4-9,19H,10H2,1-3H3. The van der Waals surface area contributed by atoms with Crippen LogP contribution >= 0.6 is 0 Å². The fourth-order valence-electron chi connectivity index (χ4n) is 2.14. The third-order valence-electron chi connectivity index (χ3n) is 3.35. The summed E-state index contributed by atoms with van der Waals surface area (Å²) < 4.78 is 17.9. The van der Waals surface area contributed by atoms with Crippen LogP contribution in [0.2, 0.25) is 0 Å². The maximum Gasteiger partial charge on any atom is 0.339 e. The van der Waals surface area contributed by atoms with Gasteiger partial charge in [-0.2, -0.15) is 0 Å². The van der Waals surface area contributed by atoms with Gasteiger partial charge >= 0.3 is 5.97 Å². The van der Waals surface area contributed by atoms with Gasteiger partial charge in [0.2, 0.25) is 0 Å². The summed E-state index contributed by atoms with van der Waals surface area (Å²) in [6.45, 7) is 4.29. The molecule has 0 amide bonds. The molecule has 0 unspecified atom stereocenters. The van der Waals surface area contributed by atoms with Crippen molar-refractivity contribution in [2.24, 2.45) is 0 Å². The van der Waals surface area contributed by atoms with Gasteiger partial charge in [0.25, 0.3) is 0 Å². The molecule has 0 bridgehead atoms. The number of rotatable bonds is 4. The Kier molecular flexibility index (Phi) is 4.58. The molecule has 3 nitrogen and oxygen atoms in total. The minimum atomic E-state index is -0.378. The maximum absolute atomic E-state index is 13.1. The van der Waals surface area contributed by atoms with Crippen LogP contribution < -0.4 is 5.32 Å². The Balaban J connectivity index is 2.21. The van der Waals surface area contributed by atoms with Gasteiger partial charge in [0.05, 0.1) is 12.7 Å². The van der Waals surface area contributed by atoms with Crippen molar-refractivity contribution in [3.8, 4) is 0 Å². The van der Waals surface area contributed by atoms with Crippen LogP contribution in [0.15, 0.2) is 36.4 Å². The lowest BCUT2D eigenvalue weighted by molar-refractivity contribution is 0.0601. The largest absolute Gasteiger partial charge is 0.465 e. The third-order valence-corrected chi connectivity index (χ3v) is 3.35. The van der Waals surface area contributed by atoms with E-state index >= 15 is 0 Å². The number of methoxy groups -OCH3 is 1. The molecule has 2 aromatic carbocycles. The van der Waals surface area contributed by atoms with Gasteiger partial charge in [-0.15, -0.1) is 0 Å². The summed E-state index contributed by atoms with van der Waals surface area (Å²) in [7, 11) is 1.36. The van der Waals surface area contributed by atoms with Crippen molar-refractivity contribution in [2.45, 2.75) is 20.4 Å².